The smallest absolute Gasteiger partial charge is 0.396 e. The molecule has 1 N–H and O–H groups in total. The van der Waals surface area contributed by atoms with E-state index in [1.54, 1.807) is 13.0 Å². The Morgan fingerprint density at radius 2 is 1.85 bits per heavy atom. The van der Waals surface area contributed by atoms with E-state index in [0.29, 0.717) is 11.0 Å². The molecule has 104 valence electrons. The lowest BCUT2D eigenvalue weighted by Crippen LogP contribution is -2.26. The molecule has 0 aliphatic carbocycles. The first-order chi connectivity index (χ1) is 9.45. The third kappa shape index (κ3) is 2.27. The quantitative estimate of drug-likeness (QED) is 0.630. The molecule has 0 aliphatic heterocycles. The van der Waals surface area contributed by atoms with E-state index in [0.717, 1.165) is 24.5 Å². The number of methoxy groups -OCH3 is 1. The highest BCUT2D eigenvalue weighted by atomic mass is 16.5. The van der Waals surface area contributed by atoms with Crippen molar-refractivity contribution in [2.24, 2.45) is 0 Å². The number of carbonyl (C=O) groups excluding carboxylic acids is 2. The first-order valence-electron chi connectivity index (χ1n) is 5.86. The van der Waals surface area contributed by atoms with Crippen LogP contribution in [0.15, 0.2) is 27.6 Å². The zero-order chi connectivity index (χ0) is 14.9. The lowest BCUT2D eigenvalue weighted by molar-refractivity contribution is -0.150. The first-order valence-corrected chi connectivity index (χ1v) is 5.86. The number of fused-ring (bicyclic) bond motifs is 1. The summed E-state index contributed by atoms with van der Waals surface area (Å²) in [5.41, 5.74) is 1.51. The third-order valence-corrected chi connectivity index (χ3v) is 2.95. The minimum absolute atomic E-state index is 0.0957. The molecule has 0 aliphatic rings. The molecule has 1 aromatic carbocycles. The van der Waals surface area contributed by atoms with Crippen molar-refractivity contribution in [3.63, 3.8) is 0 Å². The standard InChI is InChI=1S/C14H13NO5/c1-7-4-5-8(2)12-10(7)11(16)9(6-20-12)15-13(17)14(18)19-3/h4-6H,1-3H3,(H,15,17). The summed E-state index contributed by atoms with van der Waals surface area (Å²) in [4.78, 5) is 34.8. The molecular formula is C14H13NO5. The fourth-order valence-corrected chi connectivity index (χ4v) is 1.88. The molecular weight excluding hydrogens is 262 g/mol. The van der Waals surface area contributed by atoms with E-state index < -0.39 is 17.3 Å². The Kier molecular flexibility index (Phi) is 3.56. The first kappa shape index (κ1) is 13.8. The van der Waals surface area contributed by atoms with Crippen molar-refractivity contribution in [1.82, 2.24) is 0 Å². The van der Waals surface area contributed by atoms with Gasteiger partial charge in [0.05, 0.1) is 12.5 Å². The van der Waals surface area contributed by atoms with E-state index in [1.165, 1.54) is 0 Å². The van der Waals surface area contributed by atoms with Gasteiger partial charge in [-0.1, -0.05) is 12.1 Å². The van der Waals surface area contributed by atoms with E-state index in [4.69, 9.17) is 4.42 Å². The zero-order valence-electron chi connectivity index (χ0n) is 11.3. The number of rotatable bonds is 1. The molecule has 1 heterocycles. The number of amides is 1. The molecule has 0 radical (unpaired) electrons. The van der Waals surface area contributed by atoms with Gasteiger partial charge in [0, 0.05) is 0 Å². The molecule has 20 heavy (non-hydrogen) atoms. The molecule has 1 aromatic heterocycles. The van der Waals surface area contributed by atoms with Gasteiger partial charge in [-0.25, -0.2) is 4.79 Å². The van der Waals surface area contributed by atoms with Crippen LogP contribution in [0.2, 0.25) is 0 Å². The Hall–Kier alpha value is -2.63. The molecule has 0 bridgehead atoms. The normalized spacial score (nSPS) is 10.3. The monoisotopic (exact) mass is 275 g/mol. The predicted molar refractivity (Wildman–Crippen MR) is 72.6 cm³/mol. The lowest BCUT2D eigenvalue weighted by Gasteiger charge is -2.07. The Balaban J connectivity index is 2.56. The van der Waals surface area contributed by atoms with Gasteiger partial charge in [-0.3, -0.25) is 9.59 Å². The minimum Gasteiger partial charge on any atom is -0.462 e. The second kappa shape index (κ2) is 5.16. The van der Waals surface area contributed by atoms with Gasteiger partial charge in [0.1, 0.15) is 17.5 Å². The second-order valence-corrected chi connectivity index (χ2v) is 4.33. The van der Waals surface area contributed by atoms with Crippen LogP contribution in [0.25, 0.3) is 11.0 Å². The summed E-state index contributed by atoms with van der Waals surface area (Å²) < 4.78 is 9.65. The molecule has 0 saturated heterocycles. The maximum atomic E-state index is 12.3. The van der Waals surface area contributed by atoms with Gasteiger partial charge in [0.15, 0.2) is 0 Å². The molecule has 0 unspecified atom stereocenters. The van der Waals surface area contributed by atoms with Crippen molar-refractivity contribution in [1.29, 1.82) is 0 Å². The SMILES string of the molecule is COC(=O)C(=O)Nc1coc2c(C)ccc(C)c2c1=O. The number of hydrogen-bond donors (Lipinski definition) is 1. The Morgan fingerprint density at radius 3 is 2.50 bits per heavy atom. The third-order valence-electron chi connectivity index (χ3n) is 2.95. The summed E-state index contributed by atoms with van der Waals surface area (Å²) in [5, 5.41) is 2.56. The van der Waals surface area contributed by atoms with Crippen molar-refractivity contribution in [3.05, 3.63) is 39.7 Å². The molecule has 0 atom stereocenters. The van der Waals surface area contributed by atoms with Crippen molar-refractivity contribution >= 4 is 28.5 Å². The van der Waals surface area contributed by atoms with Gasteiger partial charge >= 0.3 is 11.9 Å². The number of carbonyl (C=O) groups is 2. The highest BCUT2D eigenvalue weighted by molar-refractivity contribution is 6.37. The molecule has 0 fully saturated rings. The number of anilines is 1. The van der Waals surface area contributed by atoms with Gasteiger partial charge in [0.2, 0.25) is 5.43 Å². The Bertz CT molecular complexity index is 760. The van der Waals surface area contributed by atoms with E-state index >= 15 is 0 Å². The second-order valence-electron chi connectivity index (χ2n) is 4.33. The number of benzene rings is 1. The summed E-state index contributed by atoms with van der Waals surface area (Å²) in [7, 11) is 1.08. The maximum Gasteiger partial charge on any atom is 0.396 e. The van der Waals surface area contributed by atoms with Gasteiger partial charge in [-0.15, -0.1) is 0 Å². The van der Waals surface area contributed by atoms with Crippen LogP contribution < -0.4 is 10.7 Å². The van der Waals surface area contributed by atoms with Crippen molar-refractivity contribution in [2.45, 2.75) is 13.8 Å². The van der Waals surface area contributed by atoms with Crippen LogP contribution >= 0.6 is 0 Å². The summed E-state index contributed by atoms with van der Waals surface area (Å²) in [6.07, 6.45) is 1.12. The summed E-state index contributed by atoms with van der Waals surface area (Å²) in [6, 6.07) is 3.63. The topological polar surface area (TPSA) is 85.6 Å². The minimum atomic E-state index is -1.08. The van der Waals surface area contributed by atoms with Crippen molar-refractivity contribution in [2.75, 3.05) is 12.4 Å². The predicted octanol–water partition coefficient (Wildman–Crippen LogP) is 1.52. The van der Waals surface area contributed by atoms with Crippen LogP contribution in [0.4, 0.5) is 5.69 Å². The molecule has 6 nitrogen and oxygen atoms in total. The fourth-order valence-electron chi connectivity index (χ4n) is 1.88. The van der Waals surface area contributed by atoms with Crippen LogP contribution in [0.5, 0.6) is 0 Å². The van der Waals surface area contributed by atoms with Crippen LogP contribution in [0.3, 0.4) is 0 Å². The van der Waals surface area contributed by atoms with Crippen molar-refractivity contribution in [3.8, 4) is 0 Å². The highest BCUT2D eigenvalue weighted by Gasteiger charge is 2.18. The van der Waals surface area contributed by atoms with E-state index in [9.17, 15) is 14.4 Å². The van der Waals surface area contributed by atoms with Crippen LogP contribution in [0, 0.1) is 13.8 Å². The number of hydrogen-bond acceptors (Lipinski definition) is 5. The van der Waals surface area contributed by atoms with Gasteiger partial charge in [-0.2, -0.15) is 0 Å². The number of nitrogens with one attached hydrogen (secondary N) is 1. The largest absolute Gasteiger partial charge is 0.462 e. The van der Waals surface area contributed by atoms with Crippen LogP contribution in [-0.4, -0.2) is 19.0 Å². The zero-order valence-corrected chi connectivity index (χ0v) is 11.3. The molecule has 0 saturated carbocycles. The van der Waals surface area contributed by atoms with Gasteiger partial charge in [0.25, 0.3) is 0 Å². The Morgan fingerprint density at radius 1 is 1.20 bits per heavy atom. The van der Waals surface area contributed by atoms with E-state index in [2.05, 4.69) is 10.1 Å². The molecule has 1 amide bonds. The maximum absolute atomic E-state index is 12.3. The number of esters is 1. The number of ether oxygens (including phenoxy) is 1. The Labute approximate surface area is 114 Å². The lowest BCUT2D eigenvalue weighted by atomic mass is 10.1. The molecule has 6 heteroatoms. The van der Waals surface area contributed by atoms with Crippen LogP contribution in [-0.2, 0) is 14.3 Å². The average Bonchev–Trinajstić information content (AvgIpc) is 2.44. The molecule has 2 rings (SSSR count). The average molecular weight is 275 g/mol. The summed E-state index contributed by atoms with van der Waals surface area (Å²) in [5.74, 6) is -2.10. The van der Waals surface area contributed by atoms with E-state index in [-0.39, 0.29) is 5.69 Å². The summed E-state index contributed by atoms with van der Waals surface area (Å²) in [6.45, 7) is 3.59. The molecule has 2 aromatic rings. The molecule has 0 spiro atoms. The van der Waals surface area contributed by atoms with Crippen molar-refractivity contribution < 1.29 is 18.7 Å². The summed E-state index contributed by atoms with van der Waals surface area (Å²) >= 11 is 0. The number of aryl methyl sites for hydroxylation is 2. The highest BCUT2D eigenvalue weighted by Crippen LogP contribution is 2.20. The fraction of sp³-hybridized carbons (Fsp3) is 0.214. The van der Waals surface area contributed by atoms with E-state index in [1.807, 2.05) is 13.0 Å². The van der Waals surface area contributed by atoms with Gasteiger partial charge in [-0.05, 0) is 25.0 Å². The van der Waals surface area contributed by atoms with Gasteiger partial charge < -0.3 is 14.5 Å². The van der Waals surface area contributed by atoms with Crippen LogP contribution in [0.1, 0.15) is 11.1 Å².